The van der Waals surface area contributed by atoms with E-state index in [1.165, 1.54) is 11.3 Å². The standard InChI is InChI=1S/C18H20N4OS2/c1-3-15-11-19-18(25-15)20-14-8-6-13(7-9-14)12(2)21-22-17(23)16-5-4-10-24-16/h4-10,15H,3,11H2,1-2H3,(H,19,20)(H,22,23)/b21-12-/t15-/m1/s1. The van der Waals surface area contributed by atoms with Crippen LogP contribution in [0.4, 0.5) is 5.69 Å². The number of thiophene rings is 1. The molecule has 0 unspecified atom stereocenters. The van der Waals surface area contributed by atoms with E-state index < -0.39 is 0 Å². The second-order valence-electron chi connectivity index (χ2n) is 5.61. The van der Waals surface area contributed by atoms with Crippen LogP contribution in [-0.4, -0.2) is 28.6 Å². The fourth-order valence-corrected chi connectivity index (χ4v) is 3.85. The van der Waals surface area contributed by atoms with Crippen molar-refractivity contribution < 1.29 is 4.79 Å². The van der Waals surface area contributed by atoms with Crippen LogP contribution in [-0.2, 0) is 0 Å². The highest BCUT2D eigenvalue weighted by atomic mass is 32.2. The van der Waals surface area contributed by atoms with E-state index in [2.05, 4.69) is 27.8 Å². The summed E-state index contributed by atoms with van der Waals surface area (Å²) in [5.41, 5.74) is 5.31. The molecule has 0 saturated heterocycles. The van der Waals surface area contributed by atoms with Crippen molar-refractivity contribution in [2.75, 3.05) is 11.9 Å². The van der Waals surface area contributed by atoms with Crippen LogP contribution in [0.2, 0.25) is 0 Å². The summed E-state index contributed by atoms with van der Waals surface area (Å²) in [6, 6.07) is 11.6. The Morgan fingerprint density at radius 2 is 2.12 bits per heavy atom. The molecule has 1 aromatic heterocycles. The Hall–Kier alpha value is -2.12. The molecule has 0 saturated carbocycles. The summed E-state index contributed by atoms with van der Waals surface area (Å²) >= 11 is 3.19. The van der Waals surface area contributed by atoms with Crippen molar-refractivity contribution in [2.45, 2.75) is 25.5 Å². The molecule has 25 heavy (non-hydrogen) atoms. The van der Waals surface area contributed by atoms with E-state index in [0.717, 1.165) is 35.1 Å². The van der Waals surface area contributed by atoms with Gasteiger partial charge in [-0.05, 0) is 42.5 Å². The van der Waals surface area contributed by atoms with Crippen molar-refractivity contribution in [2.24, 2.45) is 10.1 Å². The molecule has 0 radical (unpaired) electrons. The predicted molar refractivity (Wildman–Crippen MR) is 108 cm³/mol. The molecule has 3 rings (SSSR count). The molecule has 2 heterocycles. The summed E-state index contributed by atoms with van der Waals surface area (Å²) < 4.78 is 0. The molecular weight excluding hydrogens is 352 g/mol. The van der Waals surface area contributed by atoms with E-state index >= 15 is 0 Å². The number of hydrazone groups is 1. The summed E-state index contributed by atoms with van der Waals surface area (Å²) in [6.45, 7) is 4.95. The number of anilines is 1. The normalized spacial score (nSPS) is 17.3. The maximum Gasteiger partial charge on any atom is 0.281 e. The number of amides is 1. The van der Waals surface area contributed by atoms with Crippen molar-refractivity contribution in [3.63, 3.8) is 0 Å². The second-order valence-corrected chi connectivity index (χ2v) is 7.85. The molecule has 0 spiro atoms. The fraction of sp³-hybridized carbons (Fsp3) is 0.278. The lowest BCUT2D eigenvalue weighted by atomic mass is 10.1. The van der Waals surface area contributed by atoms with Gasteiger partial charge in [-0.25, -0.2) is 5.43 Å². The number of thioether (sulfide) groups is 1. The SMILES string of the molecule is CC[C@@H]1CN=C(Nc2ccc(/C(C)=N\NC(=O)c3cccs3)cc2)S1. The zero-order chi connectivity index (χ0) is 17.6. The van der Waals surface area contributed by atoms with Gasteiger partial charge in [0.05, 0.1) is 17.1 Å². The molecule has 1 atom stereocenters. The number of hydrogen-bond donors (Lipinski definition) is 2. The maximum absolute atomic E-state index is 11.9. The van der Waals surface area contributed by atoms with Crippen molar-refractivity contribution >= 4 is 45.6 Å². The average molecular weight is 373 g/mol. The zero-order valence-electron chi connectivity index (χ0n) is 14.2. The lowest BCUT2D eigenvalue weighted by Gasteiger charge is -2.08. The van der Waals surface area contributed by atoms with Crippen LogP contribution in [0.25, 0.3) is 0 Å². The molecular formula is C18H20N4OS2. The minimum atomic E-state index is -0.186. The van der Waals surface area contributed by atoms with Crippen molar-refractivity contribution in [3.8, 4) is 0 Å². The van der Waals surface area contributed by atoms with Crippen molar-refractivity contribution in [1.29, 1.82) is 0 Å². The van der Waals surface area contributed by atoms with Gasteiger partial charge >= 0.3 is 0 Å². The molecule has 0 bridgehead atoms. The summed E-state index contributed by atoms with van der Waals surface area (Å²) in [4.78, 5) is 17.1. The van der Waals surface area contributed by atoms with Crippen LogP contribution in [0.3, 0.4) is 0 Å². The van der Waals surface area contributed by atoms with Gasteiger partial charge < -0.3 is 5.32 Å². The number of benzene rings is 1. The monoisotopic (exact) mass is 372 g/mol. The third-order valence-electron chi connectivity index (χ3n) is 3.80. The largest absolute Gasteiger partial charge is 0.335 e. The number of amidine groups is 1. The number of rotatable bonds is 5. The molecule has 7 heteroatoms. The number of hydrogen-bond acceptors (Lipinski definition) is 6. The van der Waals surface area contributed by atoms with Gasteiger partial charge in [-0.3, -0.25) is 9.79 Å². The topological polar surface area (TPSA) is 65.8 Å². The van der Waals surface area contributed by atoms with Gasteiger partial charge in [0, 0.05) is 10.9 Å². The van der Waals surface area contributed by atoms with Crippen LogP contribution in [0.15, 0.2) is 51.9 Å². The first-order chi connectivity index (χ1) is 12.2. The lowest BCUT2D eigenvalue weighted by molar-refractivity contribution is 0.0959. The minimum Gasteiger partial charge on any atom is -0.335 e. The highest BCUT2D eigenvalue weighted by Crippen LogP contribution is 2.24. The van der Waals surface area contributed by atoms with E-state index in [1.807, 2.05) is 42.6 Å². The molecule has 1 aliphatic rings. The molecule has 0 aliphatic carbocycles. The van der Waals surface area contributed by atoms with Crippen LogP contribution in [0.1, 0.15) is 35.5 Å². The molecule has 1 aromatic carbocycles. The summed E-state index contributed by atoms with van der Waals surface area (Å²) in [6.07, 6.45) is 1.13. The van der Waals surface area contributed by atoms with Crippen molar-refractivity contribution in [1.82, 2.24) is 5.43 Å². The van der Waals surface area contributed by atoms with Gasteiger partial charge in [-0.1, -0.05) is 36.9 Å². The molecule has 2 N–H and O–H groups in total. The maximum atomic E-state index is 11.9. The van der Waals surface area contributed by atoms with Gasteiger partial charge in [0.2, 0.25) is 0 Å². The summed E-state index contributed by atoms with van der Waals surface area (Å²) in [7, 11) is 0. The number of carbonyl (C=O) groups is 1. The fourth-order valence-electron chi connectivity index (χ4n) is 2.28. The van der Waals surface area contributed by atoms with Gasteiger partial charge in [-0.2, -0.15) is 5.10 Å². The average Bonchev–Trinajstić information content (AvgIpc) is 3.32. The van der Waals surface area contributed by atoms with E-state index in [-0.39, 0.29) is 5.91 Å². The first-order valence-corrected chi connectivity index (χ1v) is 9.88. The molecule has 130 valence electrons. The highest BCUT2D eigenvalue weighted by Gasteiger charge is 2.17. The third kappa shape index (κ3) is 4.70. The molecule has 0 fully saturated rings. The Morgan fingerprint density at radius 1 is 1.32 bits per heavy atom. The van der Waals surface area contributed by atoms with Crippen molar-refractivity contribution in [3.05, 3.63) is 52.2 Å². The number of aliphatic imine (C=N–C) groups is 1. The van der Waals surface area contributed by atoms with Gasteiger partial charge in [-0.15, -0.1) is 11.3 Å². The van der Waals surface area contributed by atoms with E-state index in [4.69, 9.17) is 0 Å². The van der Waals surface area contributed by atoms with E-state index in [9.17, 15) is 4.79 Å². The van der Waals surface area contributed by atoms with E-state index in [1.54, 1.807) is 17.8 Å². The van der Waals surface area contributed by atoms with Crippen LogP contribution < -0.4 is 10.7 Å². The van der Waals surface area contributed by atoms with E-state index in [0.29, 0.717) is 10.1 Å². The third-order valence-corrected chi connectivity index (χ3v) is 5.94. The summed E-state index contributed by atoms with van der Waals surface area (Å²) in [5.74, 6) is -0.186. The molecule has 2 aromatic rings. The Morgan fingerprint density at radius 3 is 2.76 bits per heavy atom. The zero-order valence-corrected chi connectivity index (χ0v) is 15.8. The van der Waals surface area contributed by atoms with Crippen LogP contribution >= 0.6 is 23.1 Å². The highest BCUT2D eigenvalue weighted by molar-refractivity contribution is 8.15. The predicted octanol–water partition coefficient (Wildman–Crippen LogP) is 4.20. The first-order valence-electron chi connectivity index (χ1n) is 8.12. The van der Waals surface area contributed by atoms with Gasteiger partial charge in [0.15, 0.2) is 5.17 Å². The first kappa shape index (κ1) is 17.7. The molecule has 1 amide bonds. The van der Waals surface area contributed by atoms with Gasteiger partial charge in [0.25, 0.3) is 5.91 Å². The lowest BCUT2D eigenvalue weighted by Crippen LogP contribution is -2.18. The number of nitrogens with one attached hydrogen (secondary N) is 2. The second kappa shape index (κ2) is 8.31. The quantitative estimate of drug-likeness (QED) is 0.611. The smallest absolute Gasteiger partial charge is 0.281 e. The molecule has 5 nitrogen and oxygen atoms in total. The Bertz CT molecular complexity index is 782. The minimum absolute atomic E-state index is 0.186. The Labute approximate surface area is 155 Å². The number of nitrogens with zero attached hydrogens (tertiary/aromatic N) is 2. The van der Waals surface area contributed by atoms with Crippen LogP contribution in [0, 0.1) is 0 Å². The Kier molecular flexibility index (Phi) is 5.88. The molecule has 1 aliphatic heterocycles. The van der Waals surface area contributed by atoms with Crippen LogP contribution in [0.5, 0.6) is 0 Å². The summed E-state index contributed by atoms with van der Waals surface area (Å²) in [5, 5.41) is 11.0. The van der Waals surface area contributed by atoms with Gasteiger partial charge in [0.1, 0.15) is 0 Å². The Balaban J connectivity index is 1.58. The number of carbonyl (C=O) groups excluding carboxylic acids is 1.